The molecule has 1 aromatic carbocycles. The van der Waals surface area contributed by atoms with E-state index < -0.39 is 0 Å². The fraction of sp³-hybridized carbons (Fsp3) is 0.250. The molecule has 0 bridgehead atoms. The van der Waals surface area contributed by atoms with Crippen LogP contribution in [0, 0.1) is 0 Å². The van der Waals surface area contributed by atoms with Gasteiger partial charge in [-0.2, -0.15) is 0 Å². The van der Waals surface area contributed by atoms with Crippen LogP contribution in [0.15, 0.2) is 33.5 Å². The van der Waals surface area contributed by atoms with Crippen LogP contribution in [0.25, 0.3) is 0 Å². The van der Waals surface area contributed by atoms with E-state index in [-0.39, 0.29) is 12.1 Å². The average molecular weight is 344 g/mol. The molecule has 0 radical (unpaired) electrons. The van der Waals surface area contributed by atoms with Gasteiger partial charge in [0.2, 0.25) is 0 Å². The lowest BCUT2D eigenvalue weighted by molar-refractivity contribution is 0.239. The molecule has 0 fully saturated rings. The zero-order chi connectivity index (χ0) is 12.4. The summed E-state index contributed by atoms with van der Waals surface area (Å²) in [5.41, 5.74) is 1.94. The lowest BCUT2D eigenvalue weighted by Gasteiger charge is -2.26. The second-order valence-electron chi connectivity index (χ2n) is 3.78. The first-order chi connectivity index (χ1) is 8.11. The molecule has 2 rings (SSSR count). The minimum atomic E-state index is -0.163. The molecule has 2 N–H and O–H groups in total. The zero-order valence-corrected chi connectivity index (χ0v) is 11.7. The number of ether oxygens (including phenoxy) is 1. The average Bonchev–Trinajstić information content (AvgIpc) is 2.34. The Morgan fingerprint density at radius 1 is 1.29 bits per heavy atom. The number of hydrogen-bond donors (Lipinski definition) is 2. The minimum Gasteiger partial charge on any atom is -0.497 e. The summed E-state index contributed by atoms with van der Waals surface area (Å²) >= 11 is 2.25. The van der Waals surface area contributed by atoms with Crippen molar-refractivity contribution < 1.29 is 9.53 Å². The topological polar surface area (TPSA) is 50.4 Å². The predicted molar refractivity (Wildman–Crippen MR) is 74.1 cm³/mol. The number of carbonyl (C=O) groups excluding carboxylic acids is 1. The molecule has 1 unspecified atom stereocenters. The van der Waals surface area contributed by atoms with Gasteiger partial charge in [-0.15, -0.1) is 0 Å². The molecule has 4 nitrogen and oxygen atoms in total. The van der Waals surface area contributed by atoms with Gasteiger partial charge < -0.3 is 15.4 Å². The lowest BCUT2D eigenvalue weighted by atomic mass is 10.0. The molecule has 2 amide bonds. The van der Waals surface area contributed by atoms with E-state index >= 15 is 0 Å². The number of nitrogens with one attached hydrogen (secondary N) is 2. The van der Waals surface area contributed by atoms with E-state index in [1.54, 1.807) is 7.11 Å². The van der Waals surface area contributed by atoms with Gasteiger partial charge in [0.05, 0.1) is 13.2 Å². The molecule has 1 heterocycles. The molecule has 0 aliphatic carbocycles. The van der Waals surface area contributed by atoms with Gasteiger partial charge in [0, 0.05) is 9.28 Å². The Hall–Kier alpha value is -1.24. The summed E-state index contributed by atoms with van der Waals surface area (Å²) in [5.74, 6) is 0.810. The van der Waals surface area contributed by atoms with Crippen molar-refractivity contribution in [1.82, 2.24) is 10.6 Å². The first-order valence-corrected chi connectivity index (χ1v) is 6.27. The first-order valence-electron chi connectivity index (χ1n) is 5.19. The summed E-state index contributed by atoms with van der Waals surface area (Å²) in [6.07, 6.45) is 0. The summed E-state index contributed by atoms with van der Waals surface area (Å²) in [6, 6.07) is 7.46. The number of urea groups is 1. The number of rotatable bonds is 2. The molecule has 1 aliphatic rings. The Balaban J connectivity index is 2.32. The van der Waals surface area contributed by atoms with Crippen LogP contribution in [0.1, 0.15) is 18.5 Å². The Labute approximate surface area is 114 Å². The molecule has 17 heavy (non-hydrogen) atoms. The number of halogens is 1. The van der Waals surface area contributed by atoms with Crippen molar-refractivity contribution in [2.45, 2.75) is 13.0 Å². The van der Waals surface area contributed by atoms with E-state index in [1.165, 1.54) is 0 Å². The van der Waals surface area contributed by atoms with E-state index in [9.17, 15) is 4.79 Å². The van der Waals surface area contributed by atoms with Crippen molar-refractivity contribution >= 4 is 28.6 Å². The van der Waals surface area contributed by atoms with Gasteiger partial charge in [-0.25, -0.2) is 4.79 Å². The molecular weight excluding hydrogens is 331 g/mol. The number of hydrogen-bond acceptors (Lipinski definition) is 2. The van der Waals surface area contributed by atoms with Crippen LogP contribution in [0.3, 0.4) is 0 Å². The first kappa shape index (κ1) is 12.2. The third-order valence-corrected chi connectivity index (χ3v) is 4.07. The molecule has 1 aliphatic heterocycles. The fourth-order valence-corrected chi connectivity index (χ4v) is 2.35. The minimum absolute atomic E-state index is 0.0738. The van der Waals surface area contributed by atoms with E-state index in [4.69, 9.17) is 4.74 Å². The van der Waals surface area contributed by atoms with Crippen molar-refractivity contribution in [2.24, 2.45) is 0 Å². The van der Waals surface area contributed by atoms with Crippen molar-refractivity contribution in [1.29, 1.82) is 0 Å². The third-order valence-electron chi connectivity index (χ3n) is 2.64. The highest BCUT2D eigenvalue weighted by molar-refractivity contribution is 14.1. The van der Waals surface area contributed by atoms with E-state index in [2.05, 4.69) is 33.2 Å². The van der Waals surface area contributed by atoms with Crippen LogP contribution in [0.4, 0.5) is 4.79 Å². The Morgan fingerprint density at radius 3 is 2.53 bits per heavy atom. The van der Waals surface area contributed by atoms with Crippen LogP contribution in [-0.2, 0) is 0 Å². The highest BCUT2D eigenvalue weighted by Crippen LogP contribution is 2.31. The van der Waals surface area contributed by atoms with E-state index in [0.29, 0.717) is 0 Å². The normalized spacial score (nSPS) is 19.7. The number of carbonyl (C=O) groups is 1. The maximum Gasteiger partial charge on any atom is 0.319 e. The number of allylic oxidation sites excluding steroid dienone is 1. The summed E-state index contributed by atoms with van der Waals surface area (Å²) in [6.45, 7) is 1.90. The largest absolute Gasteiger partial charge is 0.497 e. The SMILES string of the molecule is COc1ccc(C2NC(=O)NC(C)=C2I)cc1. The number of amides is 2. The fourth-order valence-electron chi connectivity index (χ4n) is 1.70. The van der Waals surface area contributed by atoms with Gasteiger partial charge in [-0.05, 0) is 47.2 Å². The summed E-state index contributed by atoms with van der Waals surface area (Å²) in [5, 5.41) is 5.64. The van der Waals surface area contributed by atoms with Crippen LogP contribution < -0.4 is 15.4 Å². The summed E-state index contributed by atoms with van der Waals surface area (Å²) in [4.78, 5) is 11.4. The van der Waals surface area contributed by atoms with E-state index in [0.717, 1.165) is 20.6 Å². The standard InChI is InChI=1S/C12H13IN2O2/c1-7-10(13)11(15-12(16)14-7)8-3-5-9(17-2)6-4-8/h3-6,11H,1-2H3,(H2,14,15,16). The smallest absolute Gasteiger partial charge is 0.319 e. The van der Waals surface area contributed by atoms with Gasteiger partial charge in [-0.3, -0.25) is 0 Å². The van der Waals surface area contributed by atoms with E-state index in [1.807, 2.05) is 31.2 Å². The van der Waals surface area contributed by atoms with Crippen molar-refractivity contribution in [2.75, 3.05) is 7.11 Å². The van der Waals surface area contributed by atoms with Crippen LogP contribution >= 0.6 is 22.6 Å². The maximum absolute atomic E-state index is 11.4. The highest BCUT2D eigenvalue weighted by atomic mass is 127. The molecule has 0 aromatic heterocycles. The van der Waals surface area contributed by atoms with Crippen molar-refractivity contribution in [3.05, 3.63) is 39.1 Å². The second-order valence-corrected chi connectivity index (χ2v) is 4.94. The third kappa shape index (κ3) is 2.54. The van der Waals surface area contributed by atoms with Gasteiger partial charge in [0.25, 0.3) is 0 Å². The quantitative estimate of drug-likeness (QED) is 0.811. The lowest BCUT2D eigenvalue weighted by Crippen LogP contribution is -2.42. The van der Waals surface area contributed by atoms with Gasteiger partial charge in [0.1, 0.15) is 5.75 Å². The van der Waals surface area contributed by atoms with Gasteiger partial charge >= 0.3 is 6.03 Å². The monoisotopic (exact) mass is 344 g/mol. The van der Waals surface area contributed by atoms with Crippen LogP contribution in [0.2, 0.25) is 0 Å². The van der Waals surface area contributed by atoms with Crippen LogP contribution in [0.5, 0.6) is 5.75 Å². The van der Waals surface area contributed by atoms with Gasteiger partial charge in [-0.1, -0.05) is 12.1 Å². The number of benzene rings is 1. The zero-order valence-electron chi connectivity index (χ0n) is 9.58. The number of methoxy groups -OCH3 is 1. The molecule has 0 saturated carbocycles. The summed E-state index contributed by atoms with van der Waals surface area (Å²) in [7, 11) is 1.63. The Morgan fingerprint density at radius 2 is 1.94 bits per heavy atom. The Bertz CT molecular complexity index is 468. The maximum atomic E-state index is 11.4. The Kier molecular flexibility index (Phi) is 3.56. The summed E-state index contributed by atoms with van der Waals surface area (Å²) < 4.78 is 6.20. The van der Waals surface area contributed by atoms with Gasteiger partial charge in [0.15, 0.2) is 0 Å². The van der Waals surface area contributed by atoms with Crippen LogP contribution in [-0.4, -0.2) is 13.1 Å². The molecule has 5 heteroatoms. The van der Waals surface area contributed by atoms with Crippen molar-refractivity contribution in [3.63, 3.8) is 0 Å². The van der Waals surface area contributed by atoms with Crippen molar-refractivity contribution in [3.8, 4) is 5.75 Å². The molecule has 1 atom stereocenters. The molecule has 0 spiro atoms. The molecular formula is C12H13IN2O2. The molecule has 0 saturated heterocycles. The molecule has 1 aromatic rings. The second kappa shape index (κ2) is 4.95. The molecule has 90 valence electrons. The highest BCUT2D eigenvalue weighted by Gasteiger charge is 2.24. The predicted octanol–water partition coefficient (Wildman–Crippen LogP) is 2.72.